The highest BCUT2D eigenvalue weighted by Crippen LogP contribution is 2.37. The maximum absolute atomic E-state index is 12.6. The molecule has 12 heteroatoms. The van der Waals surface area contributed by atoms with Gasteiger partial charge in [-0.2, -0.15) is 5.10 Å². The predicted octanol–water partition coefficient (Wildman–Crippen LogP) is 1.60. The summed E-state index contributed by atoms with van der Waals surface area (Å²) in [6.45, 7) is 1.52. The fraction of sp³-hybridized carbons (Fsp3) is 0.368. The van der Waals surface area contributed by atoms with E-state index >= 15 is 0 Å². The van der Waals surface area contributed by atoms with Gasteiger partial charge in [0.2, 0.25) is 20.0 Å². The van der Waals surface area contributed by atoms with Crippen molar-refractivity contribution in [2.24, 2.45) is 14.1 Å². The second-order valence-electron chi connectivity index (χ2n) is 7.64. The average molecular weight is 466 g/mol. The second kappa shape index (κ2) is 7.38. The Morgan fingerprint density at radius 1 is 1.06 bits per heavy atom. The lowest BCUT2D eigenvalue weighted by Gasteiger charge is -2.16. The Balaban J connectivity index is 1.95. The molecule has 1 saturated carbocycles. The first-order chi connectivity index (χ1) is 14.5. The van der Waals surface area contributed by atoms with Crippen LogP contribution in [0.3, 0.4) is 0 Å². The van der Waals surface area contributed by atoms with Crippen LogP contribution in [-0.2, 0) is 34.1 Å². The molecule has 4 rings (SSSR count). The average Bonchev–Trinajstić information content (AvgIpc) is 3.48. The highest BCUT2D eigenvalue weighted by atomic mass is 32.2. The minimum Gasteiger partial charge on any atom is -0.317 e. The fourth-order valence-corrected chi connectivity index (χ4v) is 5.37. The van der Waals surface area contributed by atoms with Gasteiger partial charge < -0.3 is 4.57 Å². The van der Waals surface area contributed by atoms with Crippen LogP contribution in [0.4, 0.5) is 11.4 Å². The molecule has 2 heterocycles. The highest BCUT2D eigenvalue weighted by Gasteiger charge is 2.36. The topological polar surface area (TPSA) is 132 Å². The number of benzene rings is 1. The Kier molecular flexibility index (Phi) is 5.09. The van der Waals surface area contributed by atoms with Crippen molar-refractivity contribution in [3.8, 4) is 11.1 Å². The van der Waals surface area contributed by atoms with E-state index in [0.717, 1.165) is 0 Å². The minimum atomic E-state index is -3.57. The van der Waals surface area contributed by atoms with Crippen molar-refractivity contribution < 1.29 is 16.8 Å². The van der Waals surface area contributed by atoms with Crippen LogP contribution in [0.15, 0.2) is 35.4 Å². The molecule has 1 aliphatic rings. The zero-order valence-corrected chi connectivity index (χ0v) is 18.9. The number of anilines is 2. The summed E-state index contributed by atoms with van der Waals surface area (Å²) in [7, 11) is -3.83. The predicted molar refractivity (Wildman–Crippen MR) is 120 cm³/mol. The van der Waals surface area contributed by atoms with Crippen LogP contribution < -0.4 is 15.0 Å². The molecule has 0 bridgehead atoms. The third kappa shape index (κ3) is 4.17. The molecule has 0 unspecified atom stereocenters. The summed E-state index contributed by atoms with van der Waals surface area (Å²) in [6.07, 6.45) is 4.37. The fourth-order valence-electron chi connectivity index (χ4n) is 3.33. The summed E-state index contributed by atoms with van der Waals surface area (Å²) in [6, 6.07) is 4.56. The summed E-state index contributed by atoms with van der Waals surface area (Å²) >= 11 is 0. The summed E-state index contributed by atoms with van der Waals surface area (Å²) < 4.78 is 57.3. The lowest BCUT2D eigenvalue weighted by Crippen LogP contribution is -2.19. The van der Waals surface area contributed by atoms with Crippen LogP contribution in [0.5, 0.6) is 0 Å². The molecule has 0 atom stereocenters. The Morgan fingerprint density at radius 3 is 2.42 bits per heavy atom. The molecule has 2 aromatic heterocycles. The van der Waals surface area contributed by atoms with Crippen LogP contribution in [-0.4, -0.2) is 42.2 Å². The molecular formula is C19H23N5O5S2. The Hall–Kier alpha value is -2.86. The number of sulfonamides is 2. The van der Waals surface area contributed by atoms with Crippen LogP contribution in [0, 0.1) is 0 Å². The lowest BCUT2D eigenvalue weighted by molar-refractivity contribution is 0.599. The van der Waals surface area contributed by atoms with Gasteiger partial charge >= 0.3 is 0 Å². The van der Waals surface area contributed by atoms with Crippen LogP contribution in [0.2, 0.25) is 0 Å². The smallest absolute Gasteiger partial charge is 0.261 e. The maximum atomic E-state index is 12.6. The quantitative estimate of drug-likeness (QED) is 0.545. The van der Waals surface area contributed by atoms with E-state index in [-0.39, 0.29) is 22.7 Å². The molecule has 1 fully saturated rings. The third-order valence-electron chi connectivity index (χ3n) is 5.14. The number of nitrogens with zero attached hydrogens (tertiary/aromatic N) is 3. The summed E-state index contributed by atoms with van der Waals surface area (Å²) in [4.78, 5) is 12.5. The molecule has 0 aliphatic heterocycles. The summed E-state index contributed by atoms with van der Waals surface area (Å²) in [5.41, 5.74) is 1.65. The third-order valence-corrected chi connectivity index (χ3v) is 8.30. The number of aryl methyl sites for hydroxylation is 2. The standard InChI is InChI=1S/C19H23N5O5S2/c1-4-30(26,27)21-12-5-8-17(22-31(28,29)13-6-7-13)14(9-12)15-10-23(2)19(25)16-11-24(3)20-18(15)16/h5,8-11,13,21-22H,4,6-7H2,1-3H3. The maximum Gasteiger partial charge on any atom is 0.261 e. The molecule has 0 amide bonds. The molecule has 0 saturated heterocycles. The molecule has 166 valence electrons. The van der Waals surface area contributed by atoms with Crippen molar-refractivity contribution >= 4 is 42.3 Å². The van der Waals surface area contributed by atoms with Gasteiger partial charge in [-0.15, -0.1) is 0 Å². The molecule has 1 aromatic carbocycles. The van der Waals surface area contributed by atoms with E-state index in [1.807, 2.05) is 0 Å². The second-order valence-corrected chi connectivity index (χ2v) is 11.6. The number of aromatic nitrogens is 3. The first-order valence-electron chi connectivity index (χ1n) is 9.70. The van der Waals surface area contributed by atoms with Crippen molar-refractivity contribution in [3.63, 3.8) is 0 Å². The van der Waals surface area contributed by atoms with Gasteiger partial charge in [0, 0.05) is 43.3 Å². The molecule has 10 nitrogen and oxygen atoms in total. The zero-order chi connectivity index (χ0) is 22.6. The lowest BCUT2D eigenvalue weighted by atomic mass is 10.0. The summed E-state index contributed by atoms with van der Waals surface area (Å²) in [5, 5.41) is 4.32. The number of hydrogen-bond acceptors (Lipinski definition) is 6. The van der Waals surface area contributed by atoms with Gasteiger partial charge in [-0.05, 0) is 38.0 Å². The van der Waals surface area contributed by atoms with Gasteiger partial charge in [-0.25, -0.2) is 16.8 Å². The van der Waals surface area contributed by atoms with E-state index in [0.29, 0.717) is 34.9 Å². The summed E-state index contributed by atoms with van der Waals surface area (Å²) in [5.74, 6) is -0.108. The Bertz CT molecular complexity index is 1450. The zero-order valence-electron chi connectivity index (χ0n) is 17.3. The first kappa shape index (κ1) is 21.4. The van der Waals surface area contributed by atoms with E-state index < -0.39 is 25.3 Å². The monoisotopic (exact) mass is 465 g/mol. The molecular weight excluding hydrogens is 442 g/mol. The molecule has 3 aromatic rings. The van der Waals surface area contributed by atoms with E-state index in [9.17, 15) is 21.6 Å². The molecule has 0 spiro atoms. The van der Waals surface area contributed by atoms with E-state index in [2.05, 4.69) is 14.5 Å². The number of hydrogen-bond donors (Lipinski definition) is 2. The van der Waals surface area contributed by atoms with E-state index in [1.165, 1.54) is 28.3 Å². The largest absolute Gasteiger partial charge is 0.317 e. The van der Waals surface area contributed by atoms with Crippen LogP contribution in [0.1, 0.15) is 19.8 Å². The van der Waals surface area contributed by atoms with Gasteiger partial charge in [0.1, 0.15) is 5.52 Å². The number of rotatable bonds is 7. The Morgan fingerprint density at radius 2 is 1.77 bits per heavy atom. The van der Waals surface area contributed by atoms with Crippen molar-refractivity contribution in [1.29, 1.82) is 0 Å². The van der Waals surface area contributed by atoms with E-state index in [1.54, 1.807) is 32.6 Å². The van der Waals surface area contributed by atoms with Crippen LogP contribution in [0.25, 0.3) is 22.0 Å². The SMILES string of the molecule is CCS(=O)(=O)Nc1ccc(NS(=O)(=O)C2CC2)c(-c2cn(C)c(=O)c3cn(C)nc23)c1. The number of fused-ring (bicyclic) bond motifs is 1. The van der Waals surface area contributed by atoms with Gasteiger partial charge in [0.15, 0.2) is 0 Å². The van der Waals surface area contributed by atoms with Gasteiger partial charge in [0.25, 0.3) is 5.56 Å². The number of pyridine rings is 1. The van der Waals surface area contributed by atoms with Crippen molar-refractivity contribution in [2.45, 2.75) is 25.0 Å². The number of nitrogens with one attached hydrogen (secondary N) is 2. The molecule has 0 radical (unpaired) electrons. The van der Waals surface area contributed by atoms with Gasteiger partial charge in [-0.3, -0.25) is 18.9 Å². The van der Waals surface area contributed by atoms with Gasteiger partial charge in [0.05, 0.1) is 22.1 Å². The first-order valence-corrected chi connectivity index (χ1v) is 12.9. The van der Waals surface area contributed by atoms with Crippen molar-refractivity contribution in [2.75, 3.05) is 15.2 Å². The van der Waals surface area contributed by atoms with Crippen molar-refractivity contribution in [3.05, 3.63) is 40.9 Å². The highest BCUT2D eigenvalue weighted by molar-refractivity contribution is 7.93. The molecule has 2 N–H and O–H groups in total. The molecule has 1 aliphatic carbocycles. The van der Waals surface area contributed by atoms with Gasteiger partial charge in [-0.1, -0.05) is 0 Å². The van der Waals surface area contributed by atoms with E-state index in [4.69, 9.17) is 0 Å². The minimum absolute atomic E-state index is 0.108. The van der Waals surface area contributed by atoms with Crippen molar-refractivity contribution in [1.82, 2.24) is 14.3 Å². The normalized spacial score (nSPS) is 14.7. The Labute approximate surface area is 180 Å². The van der Waals surface area contributed by atoms with Crippen LogP contribution >= 0.6 is 0 Å². The molecule has 31 heavy (non-hydrogen) atoms.